The van der Waals surface area contributed by atoms with Crippen molar-refractivity contribution in [1.29, 1.82) is 0 Å². The van der Waals surface area contributed by atoms with Crippen LogP contribution in [0.1, 0.15) is 44.3 Å². The van der Waals surface area contributed by atoms with Gasteiger partial charge in [0.2, 0.25) is 0 Å². The maximum Gasteiger partial charge on any atom is 0.278 e. The molecule has 4 aromatic rings. The van der Waals surface area contributed by atoms with Crippen LogP contribution in [0.25, 0.3) is 0 Å². The highest BCUT2D eigenvalue weighted by Gasteiger charge is 2.23. The molecule has 4 rings (SSSR count). The van der Waals surface area contributed by atoms with Gasteiger partial charge in [-0.05, 0) is 38.8 Å². The van der Waals surface area contributed by atoms with Gasteiger partial charge in [-0.15, -0.1) is 0 Å². The van der Waals surface area contributed by atoms with E-state index in [2.05, 4.69) is 39.7 Å². The zero-order valence-corrected chi connectivity index (χ0v) is 18.6. The molecule has 0 aliphatic carbocycles. The quantitative estimate of drug-likeness (QED) is 0.484. The first-order valence-corrected chi connectivity index (χ1v) is 10.2. The second-order valence-electron chi connectivity index (χ2n) is 7.51. The van der Waals surface area contributed by atoms with Crippen LogP contribution in [-0.4, -0.2) is 30.6 Å². The van der Waals surface area contributed by atoms with Crippen LogP contribution in [0.4, 0.5) is 5.69 Å². The van der Waals surface area contributed by atoms with E-state index in [9.17, 15) is 4.79 Å². The van der Waals surface area contributed by atoms with Crippen LogP contribution >= 0.6 is 11.6 Å². The Balaban J connectivity index is 1.57. The molecule has 0 aliphatic heterocycles. The average molecular weight is 439 g/mol. The van der Waals surface area contributed by atoms with Crippen LogP contribution in [0.3, 0.4) is 0 Å². The number of aromatic nitrogens is 5. The van der Waals surface area contributed by atoms with Gasteiger partial charge in [-0.25, -0.2) is 0 Å². The van der Waals surface area contributed by atoms with Gasteiger partial charge >= 0.3 is 0 Å². The van der Waals surface area contributed by atoms with E-state index in [1.165, 1.54) is 11.1 Å². The smallest absolute Gasteiger partial charge is 0.278 e. The van der Waals surface area contributed by atoms with Gasteiger partial charge in [-0.1, -0.05) is 41.0 Å². The van der Waals surface area contributed by atoms with Gasteiger partial charge in [0.25, 0.3) is 5.91 Å². The highest BCUT2D eigenvalue weighted by atomic mass is 35.5. The summed E-state index contributed by atoms with van der Waals surface area (Å²) in [6, 6.07) is 8.18. The minimum atomic E-state index is -0.355. The molecule has 160 valence electrons. The average Bonchev–Trinajstić information content (AvgIpc) is 3.38. The third-order valence-electron chi connectivity index (χ3n) is 5.32. The lowest BCUT2D eigenvalue weighted by Gasteiger charge is -2.09. The molecule has 0 saturated heterocycles. The van der Waals surface area contributed by atoms with Crippen molar-refractivity contribution in [3.63, 3.8) is 0 Å². The van der Waals surface area contributed by atoms with Gasteiger partial charge in [-0.3, -0.25) is 14.2 Å². The Hall–Kier alpha value is -3.39. The number of rotatable bonds is 6. The Morgan fingerprint density at radius 2 is 1.94 bits per heavy atom. The normalized spacial score (nSPS) is 11.1. The Morgan fingerprint density at radius 1 is 1.16 bits per heavy atom. The minimum absolute atomic E-state index is 0.217. The van der Waals surface area contributed by atoms with E-state index >= 15 is 0 Å². The number of amides is 1. The molecule has 0 aliphatic rings. The number of nitrogens with zero attached hydrogens (tertiary/aromatic N) is 5. The summed E-state index contributed by atoms with van der Waals surface area (Å²) in [6.45, 7) is 8.61. The number of hydrogen-bond acceptors (Lipinski definition) is 5. The first-order valence-electron chi connectivity index (χ1n) is 9.86. The molecule has 0 atom stereocenters. The van der Waals surface area contributed by atoms with Crippen LogP contribution in [0, 0.1) is 27.7 Å². The molecule has 1 aromatic carbocycles. The molecule has 0 fully saturated rings. The van der Waals surface area contributed by atoms with Crippen molar-refractivity contribution in [1.82, 2.24) is 24.7 Å². The first kappa shape index (κ1) is 20.9. The first-order chi connectivity index (χ1) is 14.8. The lowest BCUT2D eigenvalue weighted by molar-refractivity contribution is 0.101. The van der Waals surface area contributed by atoms with E-state index in [1.54, 1.807) is 24.0 Å². The summed E-state index contributed by atoms with van der Waals surface area (Å²) in [5, 5.41) is 16.2. The molecule has 1 amide bonds. The summed E-state index contributed by atoms with van der Waals surface area (Å²) in [5.74, 6) is 0.201. The molecule has 3 aromatic heterocycles. The Morgan fingerprint density at radius 3 is 2.65 bits per heavy atom. The molecule has 0 bridgehead atoms. The third kappa shape index (κ3) is 4.25. The third-order valence-corrected chi connectivity index (χ3v) is 5.52. The number of benzene rings is 1. The van der Waals surface area contributed by atoms with Crippen molar-refractivity contribution < 1.29 is 9.32 Å². The summed E-state index contributed by atoms with van der Waals surface area (Å²) in [5.41, 5.74) is 5.52. The van der Waals surface area contributed by atoms with E-state index in [0.29, 0.717) is 35.1 Å². The molecule has 0 radical (unpaired) electrons. The SMILES string of the molecule is Cc1ccccc1Cn1nc(C)c(NC(=O)c2noc(C)c2Cn2cc(Cl)cn2)c1C. The highest BCUT2D eigenvalue weighted by molar-refractivity contribution is 6.30. The predicted octanol–water partition coefficient (Wildman–Crippen LogP) is 4.30. The molecule has 0 unspecified atom stereocenters. The second kappa shape index (κ2) is 8.39. The molecule has 0 saturated carbocycles. The number of nitrogens with one attached hydrogen (secondary N) is 1. The molecule has 8 nitrogen and oxygen atoms in total. The maximum atomic E-state index is 13.0. The molecule has 31 heavy (non-hydrogen) atoms. The largest absolute Gasteiger partial charge is 0.361 e. The fourth-order valence-corrected chi connectivity index (χ4v) is 3.65. The fourth-order valence-electron chi connectivity index (χ4n) is 3.50. The van der Waals surface area contributed by atoms with Crippen molar-refractivity contribution in [2.45, 2.75) is 40.8 Å². The van der Waals surface area contributed by atoms with Gasteiger partial charge in [-0.2, -0.15) is 10.2 Å². The Kier molecular flexibility index (Phi) is 5.65. The fraction of sp³-hybridized carbons (Fsp3) is 0.273. The Bertz CT molecular complexity index is 1250. The topological polar surface area (TPSA) is 90.8 Å². The summed E-state index contributed by atoms with van der Waals surface area (Å²) >= 11 is 5.94. The molecule has 0 spiro atoms. The lowest BCUT2D eigenvalue weighted by Crippen LogP contribution is -2.17. The predicted molar refractivity (Wildman–Crippen MR) is 118 cm³/mol. The van der Waals surface area contributed by atoms with Crippen molar-refractivity contribution in [3.05, 3.63) is 81.2 Å². The van der Waals surface area contributed by atoms with E-state index in [0.717, 1.165) is 11.4 Å². The summed E-state index contributed by atoms with van der Waals surface area (Å²) in [7, 11) is 0. The Labute approximate surface area is 184 Å². The van der Waals surface area contributed by atoms with Crippen LogP contribution in [0.15, 0.2) is 41.2 Å². The molecular formula is C22H23ClN6O2. The van der Waals surface area contributed by atoms with E-state index in [1.807, 2.05) is 30.7 Å². The van der Waals surface area contributed by atoms with E-state index < -0.39 is 0 Å². The van der Waals surface area contributed by atoms with Gasteiger partial charge < -0.3 is 9.84 Å². The second-order valence-corrected chi connectivity index (χ2v) is 7.94. The van der Waals surface area contributed by atoms with Crippen molar-refractivity contribution in [3.8, 4) is 0 Å². The van der Waals surface area contributed by atoms with Gasteiger partial charge in [0.15, 0.2) is 5.69 Å². The maximum absolute atomic E-state index is 13.0. The van der Waals surface area contributed by atoms with Crippen LogP contribution in [0.2, 0.25) is 5.02 Å². The number of carbonyl (C=O) groups is 1. The summed E-state index contributed by atoms with van der Waals surface area (Å²) in [6.07, 6.45) is 3.22. The number of hydrogen-bond donors (Lipinski definition) is 1. The van der Waals surface area contributed by atoms with E-state index in [-0.39, 0.29) is 11.6 Å². The number of halogens is 1. The monoisotopic (exact) mass is 438 g/mol. The van der Waals surface area contributed by atoms with Gasteiger partial charge in [0.05, 0.1) is 41.4 Å². The van der Waals surface area contributed by atoms with E-state index in [4.69, 9.17) is 16.1 Å². The summed E-state index contributed by atoms with van der Waals surface area (Å²) in [4.78, 5) is 13.0. The van der Waals surface area contributed by atoms with Crippen molar-refractivity contribution in [2.24, 2.45) is 0 Å². The molecular weight excluding hydrogens is 416 g/mol. The summed E-state index contributed by atoms with van der Waals surface area (Å²) < 4.78 is 8.82. The zero-order chi connectivity index (χ0) is 22.1. The highest BCUT2D eigenvalue weighted by Crippen LogP contribution is 2.23. The van der Waals surface area contributed by atoms with Crippen LogP contribution in [0.5, 0.6) is 0 Å². The van der Waals surface area contributed by atoms with Crippen LogP contribution in [-0.2, 0) is 13.1 Å². The molecule has 3 heterocycles. The van der Waals surface area contributed by atoms with Crippen LogP contribution < -0.4 is 5.32 Å². The number of aryl methyl sites for hydroxylation is 3. The number of carbonyl (C=O) groups excluding carboxylic acids is 1. The van der Waals surface area contributed by atoms with Gasteiger partial charge in [0.1, 0.15) is 5.76 Å². The molecule has 9 heteroatoms. The van der Waals surface area contributed by atoms with Crippen molar-refractivity contribution >= 4 is 23.2 Å². The molecule has 1 N–H and O–H groups in total. The minimum Gasteiger partial charge on any atom is -0.361 e. The zero-order valence-electron chi connectivity index (χ0n) is 17.8. The number of anilines is 1. The lowest BCUT2D eigenvalue weighted by atomic mass is 10.1. The van der Waals surface area contributed by atoms with Gasteiger partial charge in [0, 0.05) is 11.8 Å². The standard InChI is InChI=1S/C22H23ClN6O2/c1-13-7-5-6-8-17(13)10-29-15(3)20(14(2)26-29)25-22(30)21-19(16(4)31-27-21)12-28-11-18(23)9-24-28/h5-9,11H,10,12H2,1-4H3,(H,25,30). The van der Waals surface area contributed by atoms with Crippen molar-refractivity contribution in [2.75, 3.05) is 5.32 Å².